The fourth-order valence-electron chi connectivity index (χ4n) is 1.17. The average Bonchev–Trinajstić information content (AvgIpc) is 2.22. The van der Waals surface area contributed by atoms with E-state index in [2.05, 4.69) is 9.97 Å². The number of benzene rings is 1. The number of aryl methyl sites for hydroxylation is 1. The highest BCUT2D eigenvalue weighted by molar-refractivity contribution is 7.99. The van der Waals surface area contributed by atoms with Crippen molar-refractivity contribution in [2.24, 2.45) is 0 Å². The second kappa shape index (κ2) is 4.40. The minimum absolute atomic E-state index is 0.357. The van der Waals surface area contributed by atoms with Gasteiger partial charge in [-0.1, -0.05) is 29.5 Å². The van der Waals surface area contributed by atoms with Crippen LogP contribution in [-0.4, -0.2) is 9.97 Å². The lowest BCUT2D eigenvalue weighted by Gasteiger charge is -2.01. The molecule has 1 aromatic carbocycles. The molecule has 76 valence electrons. The van der Waals surface area contributed by atoms with E-state index < -0.39 is 0 Å². The third-order valence-electron chi connectivity index (χ3n) is 1.84. The van der Waals surface area contributed by atoms with Crippen LogP contribution in [0.15, 0.2) is 46.7 Å². The Morgan fingerprint density at radius 1 is 1.33 bits per heavy atom. The van der Waals surface area contributed by atoms with Crippen molar-refractivity contribution in [3.63, 3.8) is 0 Å². The van der Waals surface area contributed by atoms with Crippen molar-refractivity contribution in [2.45, 2.75) is 16.8 Å². The fourth-order valence-corrected chi connectivity index (χ4v) is 2.03. The number of aromatic nitrogens is 2. The molecule has 0 bridgehead atoms. The molecule has 2 nitrogen and oxygen atoms in total. The molecule has 0 saturated heterocycles. The van der Waals surface area contributed by atoms with E-state index in [1.165, 1.54) is 24.3 Å². The van der Waals surface area contributed by atoms with Crippen LogP contribution in [0, 0.1) is 12.7 Å². The van der Waals surface area contributed by atoms with E-state index in [4.69, 9.17) is 0 Å². The highest BCUT2D eigenvalue weighted by Crippen LogP contribution is 2.27. The number of nitrogens with zero attached hydrogens (tertiary/aromatic N) is 2. The summed E-state index contributed by atoms with van der Waals surface area (Å²) in [6.07, 6.45) is 2.52. The van der Waals surface area contributed by atoms with Crippen molar-refractivity contribution in [1.82, 2.24) is 9.97 Å². The molecule has 0 spiro atoms. The molecule has 2 aromatic rings. The molecule has 0 saturated carbocycles. The van der Waals surface area contributed by atoms with Crippen LogP contribution in [-0.2, 0) is 0 Å². The first kappa shape index (κ1) is 10.1. The van der Waals surface area contributed by atoms with Crippen LogP contribution in [0.5, 0.6) is 0 Å². The van der Waals surface area contributed by atoms with Gasteiger partial charge in [0.05, 0.1) is 6.20 Å². The molecule has 0 aliphatic carbocycles. The van der Waals surface area contributed by atoms with Crippen molar-refractivity contribution in [2.75, 3.05) is 0 Å². The topological polar surface area (TPSA) is 25.8 Å². The Labute approximate surface area is 91.6 Å². The zero-order chi connectivity index (χ0) is 10.7. The Balaban J connectivity index is 2.26. The number of hydrogen-bond donors (Lipinski definition) is 0. The summed E-state index contributed by atoms with van der Waals surface area (Å²) in [5.74, 6) is -0.385. The molecule has 0 aliphatic rings. The van der Waals surface area contributed by atoms with Gasteiger partial charge in [0.2, 0.25) is 0 Å². The van der Waals surface area contributed by atoms with Crippen molar-refractivity contribution < 1.29 is 4.39 Å². The molecule has 1 aromatic heterocycles. The largest absolute Gasteiger partial charge is 0.242 e. The molecular formula is C11H9FN2S. The van der Waals surface area contributed by atoms with E-state index in [9.17, 15) is 4.39 Å². The maximum Gasteiger partial charge on any atom is 0.174 e. The predicted octanol–water partition coefficient (Wildman–Crippen LogP) is 3.08. The molecule has 4 heteroatoms. The fraction of sp³-hybridized carbons (Fsp3) is 0.0909. The Kier molecular flexibility index (Phi) is 2.97. The molecular weight excluding hydrogens is 211 g/mol. The summed E-state index contributed by atoms with van der Waals surface area (Å²) in [5, 5.41) is 0.357. The molecule has 2 rings (SSSR count). The highest BCUT2D eigenvalue weighted by atomic mass is 32.2. The summed E-state index contributed by atoms with van der Waals surface area (Å²) in [6.45, 7) is 2.00. The van der Waals surface area contributed by atoms with Crippen LogP contribution in [0.3, 0.4) is 0 Å². The Bertz CT molecular complexity index is 474. The maximum atomic E-state index is 13.2. The molecule has 1 heterocycles. The van der Waals surface area contributed by atoms with Crippen molar-refractivity contribution >= 4 is 11.8 Å². The predicted molar refractivity (Wildman–Crippen MR) is 57.3 cm³/mol. The van der Waals surface area contributed by atoms with Gasteiger partial charge in [-0.25, -0.2) is 14.4 Å². The lowest BCUT2D eigenvalue weighted by Crippen LogP contribution is -1.87. The quantitative estimate of drug-likeness (QED) is 0.727. The third-order valence-corrected chi connectivity index (χ3v) is 2.82. The molecule has 0 unspecified atom stereocenters. The number of halogens is 1. The third kappa shape index (κ3) is 2.53. The van der Waals surface area contributed by atoms with Gasteiger partial charge < -0.3 is 0 Å². The summed E-state index contributed by atoms with van der Waals surface area (Å²) in [5.41, 5.74) is 1.15. The SMILES string of the molecule is Cc1cccc(Sc2ncncc2F)c1. The highest BCUT2D eigenvalue weighted by Gasteiger charge is 2.04. The van der Waals surface area contributed by atoms with Gasteiger partial charge in [0, 0.05) is 4.90 Å². The van der Waals surface area contributed by atoms with Gasteiger partial charge >= 0.3 is 0 Å². The summed E-state index contributed by atoms with van der Waals surface area (Å²) in [6, 6.07) is 7.86. The van der Waals surface area contributed by atoms with E-state index in [0.29, 0.717) is 5.03 Å². The smallest absolute Gasteiger partial charge is 0.174 e. The van der Waals surface area contributed by atoms with Gasteiger partial charge in [-0.3, -0.25) is 0 Å². The molecule has 0 fully saturated rings. The maximum absolute atomic E-state index is 13.2. The van der Waals surface area contributed by atoms with E-state index >= 15 is 0 Å². The van der Waals surface area contributed by atoms with Gasteiger partial charge in [-0.2, -0.15) is 0 Å². The zero-order valence-electron chi connectivity index (χ0n) is 8.14. The van der Waals surface area contributed by atoms with Crippen LogP contribution in [0.25, 0.3) is 0 Å². The van der Waals surface area contributed by atoms with Crippen LogP contribution < -0.4 is 0 Å². The number of hydrogen-bond acceptors (Lipinski definition) is 3. The molecule has 0 N–H and O–H groups in total. The first-order valence-electron chi connectivity index (χ1n) is 4.46. The summed E-state index contributed by atoms with van der Waals surface area (Å²) in [4.78, 5) is 8.46. The van der Waals surface area contributed by atoms with Crippen LogP contribution >= 0.6 is 11.8 Å². The first-order valence-corrected chi connectivity index (χ1v) is 5.27. The van der Waals surface area contributed by atoms with E-state index in [-0.39, 0.29) is 5.82 Å². The lowest BCUT2D eigenvalue weighted by molar-refractivity contribution is 0.579. The van der Waals surface area contributed by atoms with Crippen LogP contribution in [0.4, 0.5) is 4.39 Å². The van der Waals surface area contributed by atoms with Gasteiger partial charge in [-0.05, 0) is 19.1 Å². The Morgan fingerprint density at radius 2 is 2.20 bits per heavy atom. The number of rotatable bonds is 2. The summed E-state index contributed by atoms with van der Waals surface area (Å²) < 4.78 is 13.2. The second-order valence-corrected chi connectivity index (χ2v) is 4.16. The minimum atomic E-state index is -0.385. The lowest BCUT2D eigenvalue weighted by atomic mass is 10.2. The van der Waals surface area contributed by atoms with Gasteiger partial charge in [0.15, 0.2) is 5.82 Å². The standard InChI is InChI=1S/C11H9FN2S/c1-8-3-2-4-9(5-8)15-11-10(12)6-13-7-14-11/h2-7H,1H3. The molecule has 0 atom stereocenters. The average molecular weight is 220 g/mol. The zero-order valence-corrected chi connectivity index (χ0v) is 8.96. The molecule has 0 aliphatic heterocycles. The van der Waals surface area contributed by atoms with E-state index in [1.54, 1.807) is 0 Å². The minimum Gasteiger partial charge on any atom is -0.242 e. The molecule has 0 amide bonds. The first-order chi connectivity index (χ1) is 7.25. The van der Waals surface area contributed by atoms with Crippen molar-refractivity contribution in [3.05, 3.63) is 48.2 Å². The normalized spacial score (nSPS) is 10.3. The van der Waals surface area contributed by atoms with Gasteiger partial charge in [0.1, 0.15) is 11.4 Å². The van der Waals surface area contributed by atoms with Crippen molar-refractivity contribution in [1.29, 1.82) is 0 Å². The summed E-state index contributed by atoms with van der Waals surface area (Å²) >= 11 is 1.30. The Hall–Kier alpha value is -1.42. The summed E-state index contributed by atoms with van der Waals surface area (Å²) in [7, 11) is 0. The van der Waals surface area contributed by atoms with Crippen molar-refractivity contribution in [3.8, 4) is 0 Å². The van der Waals surface area contributed by atoms with E-state index in [1.807, 2.05) is 31.2 Å². The second-order valence-electron chi connectivity index (χ2n) is 3.09. The Morgan fingerprint density at radius 3 is 2.93 bits per heavy atom. The molecule has 0 radical (unpaired) electrons. The van der Waals surface area contributed by atoms with Crippen LogP contribution in [0.1, 0.15) is 5.56 Å². The van der Waals surface area contributed by atoms with E-state index in [0.717, 1.165) is 10.5 Å². The monoisotopic (exact) mass is 220 g/mol. The van der Waals surface area contributed by atoms with Crippen LogP contribution in [0.2, 0.25) is 0 Å². The van der Waals surface area contributed by atoms with Gasteiger partial charge in [-0.15, -0.1) is 0 Å². The van der Waals surface area contributed by atoms with Gasteiger partial charge in [0.25, 0.3) is 0 Å². The molecule has 15 heavy (non-hydrogen) atoms.